The maximum absolute atomic E-state index is 8.42. The zero-order valence-electron chi connectivity index (χ0n) is 10.8. The van der Waals surface area contributed by atoms with Crippen LogP contribution in [0, 0.1) is 0 Å². The molecule has 0 aliphatic heterocycles. The molecule has 13 nitrogen and oxygen atoms in total. The summed E-state index contributed by atoms with van der Waals surface area (Å²) in [6, 6.07) is 0. The molecule has 0 amide bonds. The second-order valence-corrected chi connectivity index (χ2v) is 0.289. The fraction of sp³-hybridized carbons (Fsp3) is 0. The van der Waals surface area contributed by atoms with Gasteiger partial charge in [-0.2, -0.15) is 0 Å². The minimum absolute atomic E-state index is 0. The molecule has 0 fully saturated rings. The molecule has 0 aromatic heterocycles. The topological polar surface area (TPSA) is 384 Å². The normalized spacial score (nSPS) is 1.50. The monoisotopic (exact) mass is 331 g/mol. The Morgan fingerprint density at radius 2 is 0.333 bits per heavy atom. The molecule has 20 N–H and O–H groups in total. The predicted octanol–water partition coefficient (Wildman–Crippen LogP) is -24.2. The first-order valence-corrected chi connectivity index (χ1v) is 0.707. The van der Waals surface area contributed by atoms with Crippen LogP contribution in [-0.4, -0.2) is 62.1 Å². The van der Waals surface area contributed by atoms with Gasteiger partial charge in [0.05, 0.1) is 0 Å². The Balaban J connectivity index is -0.000000000495. The van der Waals surface area contributed by atoms with Crippen LogP contribution < -0.4 is 133 Å². The van der Waals surface area contributed by atoms with Crippen LogP contribution in [0.2, 0.25) is 0 Å². The summed E-state index contributed by atoms with van der Waals surface area (Å²) in [5, 5.41) is 25.2. The van der Waals surface area contributed by atoms with Gasteiger partial charge in [0.2, 0.25) is 0 Å². The number of rotatable bonds is 0. The Bertz CT molecular complexity index is 23.7. The summed E-state index contributed by atoms with van der Waals surface area (Å²) in [6.07, 6.45) is 0. The predicted molar refractivity (Wildman–Crippen MR) is 41.9 cm³/mol. The van der Waals surface area contributed by atoms with E-state index >= 15 is 0 Å². The van der Waals surface area contributed by atoms with E-state index in [-0.39, 0.29) is 173 Å². The van der Waals surface area contributed by atoms with E-state index in [2.05, 4.69) is 0 Å². The third-order valence-corrected chi connectivity index (χ3v) is 0. The zero-order chi connectivity index (χ0) is 3.58. The Hall–Kier alpha value is 3.54. The van der Waals surface area contributed by atoms with Crippen LogP contribution in [0.25, 0.3) is 0 Å². The first-order chi connectivity index (χ1) is 1.73. The minimum Gasteiger partial charge on any atom is -0.907 e. The summed E-state index contributed by atoms with van der Waals surface area (Å²) in [7, 11) is -2.92. The molecule has 18 heteroatoms. The van der Waals surface area contributed by atoms with E-state index in [1.54, 1.807) is 0 Å². The van der Waals surface area contributed by atoms with Gasteiger partial charge < -0.3 is 69.8 Å². The van der Waals surface area contributed by atoms with Crippen molar-refractivity contribution in [3.8, 4) is 0 Å². The Labute approximate surface area is 192 Å². The summed E-state index contributed by atoms with van der Waals surface area (Å²) in [6.45, 7) is 0. The molecule has 18 heavy (non-hydrogen) atoms. The molecule has 0 saturated heterocycles. The summed E-state index contributed by atoms with van der Waals surface area (Å²) < 4.78 is 0. The largest absolute Gasteiger partial charge is 1.00 e. The van der Waals surface area contributed by atoms with Crippen LogP contribution in [0.5, 0.6) is 0 Å². The van der Waals surface area contributed by atoms with E-state index in [9.17, 15) is 0 Å². The third kappa shape index (κ3) is 535. The number of hydrogen-bond acceptors (Lipinski definition) is 3. The van der Waals surface area contributed by atoms with Gasteiger partial charge in [-0.1, -0.05) is 0 Å². The Morgan fingerprint density at radius 3 is 0.333 bits per heavy atom. The average Bonchev–Trinajstić information content (AvgIpc) is 0.811. The molecule has 104 valence electrons. The standard InChI is InChI=1S/BO3.4Na.10H2O/c2-1(3)4;;;;;;;;;;;;;;/h;;;;;10*1H2/q-3;4*+1;;;;;;;;;;. The van der Waals surface area contributed by atoms with Gasteiger partial charge in [0.1, 0.15) is 0 Å². The molecule has 0 heterocycles. The van der Waals surface area contributed by atoms with Gasteiger partial charge in [-0.05, 0) is 0 Å². The third-order valence-electron chi connectivity index (χ3n) is 0. The SMILES string of the molecule is O.O.O.O.O.O.O.O.O.O.[Na+].[Na+].[Na+].[Na+].[O-]B([O-])[O-]. The Morgan fingerprint density at radius 1 is 0.333 bits per heavy atom. The minimum atomic E-state index is -2.92. The van der Waals surface area contributed by atoms with Crippen molar-refractivity contribution in [3.63, 3.8) is 0 Å². The van der Waals surface area contributed by atoms with Crippen molar-refractivity contribution in [1.29, 1.82) is 0 Å². The van der Waals surface area contributed by atoms with Crippen LogP contribution >= 0.6 is 0 Å². The van der Waals surface area contributed by atoms with Gasteiger partial charge in [0.15, 0.2) is 0 Å². The quantitative estimate of drug-likeness (QED) is 0.390. The molecule has 0 radical (unpaired) electrons. The van der Waals surface area contributed by atoms with Crippen molar-refractivity contribution in [3.05, 3.63) is 0 Å². The summed E-state index contributed by atoms with van der Waals surface area (Å²) in [5.74, 6) is 0. The molecule has 0 aliphatic rings. The van der Waals surface area contributed by atoms with Crippen molar-refractivity contribution in [2.75, 3.05) is 0 Å². The molecule has 0 unspecified atom stereocenters. The van der Waals surface area contributed by atoms with Gasteiger partial charge in [0, 0.05) is 0 Å². The van der Waals surface area contributed by atoms with Crippen LogP contribution in [0.1, 0.15) is 0 Å². The summed E-state index contributed by atoms with van der Waals surface area (Å²) in [5.41, 5.74) is 0. The second-order valence-electron chi connectivity index (χ2n) is 0.289. The van der Waals surface area contributed by atoms with Gasteiger partial charge in [-0.25, -0.2) is 0 Å². The van der Waals surface area contributed by atoms with Crippen molar-refractivity contribution >= 4 is 7.32 Å². The molecular weight excluding hydrogens is 311 g/mol. The van der Waals surface area contributed by atoms with E-state index in [0.717, 1.165) is 0 Å². The fourth-order valence-electron chi connectivity index (χ4n) is 0. The van der Waals surface area contributed by atoms with Gasteiger partial charge in [-0.3, -0.25) is 7.32 Å². The fourth-order valence-corrected chi connectivity index (χ4v) is 0. The maximum atomic E-state index is 8.42. The van der Waals surface area contributed by atoms with Crippen molar-refractivity contribution in [2.45, 2.75) is 0 Å². The molecule has 0 aromatic rings. The first-order valence-electron chi connectivity index (χ1n) is 0.707. The molecule has 0 aromatic carbocycles. The van der Waals surface area contributed by atoms with Gasteiger partial charge >= 0.3 is 118 Å². The van der Waals surface area contributed by atoms with E-state index < -0.39 is 7.32 Å². The molecule has 0 bridgehead atoms. The van der Waals surface area contributed by atoms with E-state index in [1.165, 1.54) is 0 Å². The molecule has 0 rings (SSSR count). The van der Waals surface area contributed by atoms with Crippen LogP contribution in [0.3, 0.4) is 0 Å². The second kappa shape index (κ2) is 183. The summed E-state index contributed by atoms with van der Waals surface area (Å²) >= 11 is 0. The van der Waals surface area contributed by atoms with Crippen LogP contribution in [-0.2, 0) is 0 Å². The van der Waals surface area contributed by atoms with Gasteiger partial charge in [0.25, 0.3) is 0 Å². The van der Waals surface area contributed by atoms with Crippen molar-refractivity contribution in [1.82, 2.24) is 0 Å². The molecule has 0 atom stereocenters. The van der Waals surface area contributed by atoms with Gasteiger partial charge in [-0.15, -0.1) is 0 Å². The summed E-state index contributed by atoms with van der Waals surface area (Å²) in [4.78, 5) is 0. The average molecular weight is 331 g/mol. The molecular formula is H20BNa4O13+. The smallest absolute Gasteiger partial charge is 0.907 e. The molecule has 0 saturated carbocycles. The zero-order valence-corrected chi connectivity index (χ0v) is 18.8. The van der Waals surface area contributed by atoms with Crippen LogP contribution in [0.15, 0.2) is 0 Å². The number of hydrogen-bond donors (Lipinski definition) is 0. The van der Waals surface area contributed by atoms with E-state index in [4.69, 9.17) is 15.1 Å². The molecule has 0 aliphatic carbocycles. The van der Waals surface area contributed by atoms with E-state index in [1.807, 2.05) is 0 Å². The van der Waals surface area contributed by atoms with Crippen molar-refractivity contribution in [2.24, 2.45) is 0 Å². The maximum Gasteiger partial charge on any atom is 1.00 e. The van der Waals surface area contributed by atoms with Crippen LogP contribution in [0.4, 0.5) is 0 Å². The molecule has 0 spiro atoms. The first kappa shape index (κ1) is 212. The van der Waals surface area contributed by atoms with E-state index in [0.29, 0.717) is 0 Å². The Kier molecular flexibility index (Phi) is 2160. The van der Waals surface area contributed by atoms with Crippen molar-refractivity contribution < 1.29 is 188 Å².